The molecule has 44 heavy (non-hydrogen) atoms. The predicted molar refractivity (Wildman–Crippen MR) is 168 cm³/mol. The monoisotopic (exact) mass is 608 g/mol. The second-order valence-electron chi connectivity index (χ2n) is 15.5. The van der Waals surface area contributed by atoms with E-state index in [0.717, 1.165) is 17.5 Å². The second-order valence-corrected chi connectivity index (χ2v) is 15.5. The number of aromatic nitrogens is 3. The lowest BCUT2D eigenvalue weighted by Crippen LogP contribution is -2.65. The summed E-state index contributed by atoms with van der Waals surface area (Å²) in [5.41, 5.74) is 2.41. The third-order valence-corrected chi connectivity index (χ3v) is 9.66. The lowest BCUT2D eigenvalue weighted by atomic mass is 9.43. The molecule has 240 valence electrons. The van der Waals surface area contributed by atoms with Crippen molar-refractivity contribution < 1.29 is 28.4 Å². The van der Waals surface area contributed by atoms with Crippen LogP contribution in [0.15, 0.2) is 18.3 Å². The largest absolute Gasteiger partial charge is 0.457 e. The number of benzene rings is 1. The average Bonchev–Trinajstić information content (AvgIpc) is 3.48. The Labute approximate surface area is 262 Å². The Bertz CT molecular complexity index is 1410. The number of carbonyl (C=O) groups excluding carboxylic acids is 2. The Kier molecular flexibility index (Phi) is 8.46. The lowest BCUT2D eigenvalue weighted by molar-refractivity contribution is -0.199. The van der Waals surface area contributed by atoms with Gasteiger partial charge in [-0.25, -0.2) is 9.59 Å². The van der Waals surface area contributed by atoms with Crippen molar-refractivity contribution in [3.8, 4) is 11.3 Å². The van der Waals surface area contributed by atoms with Crippen LogP contribution in [-0.2, 0) is 31.7 Å². The molecule has 10 nitrogen and oxygen atoms in total. The summed E-state index contributed by atoms with van der Waals surface area (Å²) < 4.78 is 25.9. The van der Waals surface area contributed by atoms with Gasteiger partial charge in [0, 0.05) is 12.1 Å². The molecule has 0 radical (unpaired) electrons. The van der Waals surface area contributed by atoms with Crippen molar-refractivity contribution in [2.75, 3.05) is 6.54 Å². The number of ether oxygens (including phenoxy) is 2. The smallest absolute Gasteiger partial charge is 0.456 e. The fourth-order valence-corrected chi connectivity index (χ4v) is 7.30. The number of nitrogens with zero attached hydrogens (tertiary/aromatic N) is 3. The molecular formula is C33H49BN4O6. The first-order valence-corrected chi connectivity index (χ1v) is 15.9. The zero-order chi connectivity index (χ0) is 32.2. The number of hydrogen-bond acceptors (Lipinski definition) is 8. The number of nitrogens with one attached hydrogen (secondary N) is 1. The molecule has 3 unspecified atom stereocenters. The predicted octanol–water partition coefficient (Wildman–Crippen LogP) is 6.00. The van der Waals surface area contributed by atoms with Crippen molar-refractivity contribution in [3.63, 3.8) is 0 Å². The van der Waals surface area contributed by atoms with Gasteiger partial charge in [-0.05, 0) is 109 Å². The normalized spacial score (nSPS) is 25.7. The van der Waals surface area contributed by atoms with Crippen LogP contribution in [0.1, 0.15) is 96.6 Å². The first kappa shape index (κ1) is 32.5. The molecule has 6 rings (SSSR count). The minimum Gasteiger partial charge on any atom is -0.456 e. The SMILES string of the molecule is Cc1c(CCB2OC3CC4CC(C4(C)C)[C@]3(C)O2)ccc(-c2cn(CCNC(=O)OC(C)(C)C)nn2)c1C(=O)OC(C)(C)C. The third-order valence-electron chi connectivity index (χ3n) is 9.66. The van der Waals surface area contributed by atoms with Crippen molar-refractivity contribution >= 4 is 19.2 Å². The third kappa shape index (κ3) is 6.54. The zero-order valence-corrected chi connectivity index (χ0v) is 28.1. The van der Waals surface area contributed by atoms with E-state index in [1.165, 1.54) is 6.42 Å². The minimum atomic E-state index is -0.659. The molecule has 4 fully saturated rings. The van der Waals surface area contributed by atoms with Gasteiger partial charge in [0.25, 0.3) is 0 Å². The molecule has 3 aliphatic carbocycles. The first-order valence-electron chi connectivity index (χ1n) is 15.9. The number of hydrogen-bond donors (Lipinski definition) is 1. The van der Waals surface area contributed by atoms with Crippen LogP contribution in [-0.4, -0.2) is 63.6 Å². The van der Waals surface area contributed by atoms with Gasteiger partial charge in [-0.3, -0.25) is 4.68 Å². The molecule has 1 amide bonds. The van der Waals surface area contributed by atoms with Crippen LogP contribution in [0.5, 0.6) is 0 Å². The molecule has 1 aliphatic heterocycles. The molecule has 2 bridgehead atoms. The van der Waals surface area contributed by atoms with E-state index in [-0.39, 0.29) is 18.8 Å². The summed E-state index contributed by atoms with van der Waals surface area (Å²) in [6.45, 7) is 20.7. The van der Waals surface area contributed by atoms with E-state index < -0.39 is 23.3 Å². The van der Waals surface area contributed by atoms with Crippen molar-refractivity contribution in [2.45, 2.75) is 124 Å². The molecule has 2 aromatic rings. The van der Waals surface area contributed by atoms with Gasteiger partial charge < -0.3 is 24.1 Å². The summed E-state index contributed by atoms with van der Waals surface area (Å²) in [7, 11) is -0.265. The highest BCUT2D eigenvalue weighted by molar-refractivity contribution is 6.45. The second kappa shape index (κ2) is 11.5. The summed E-state index contributed by atoms with van der Waals surface area (Å²) in [5.74, 6) is 0.824. The van der Waals surface area contributed by atoms with E-state index >= 15 is 0 Å². The summed E-state index contributed by atoms with van der Waals surface area (Å²) in [4.78, 5) is 25.6. The van der Waals surface area contributed by atoms with Crippen LogP contribution in [0.2, 0.25) is 6.32 Å². The highest BCUT2D eigenvalue weighted by Crippen LogP contribution is 2.65. The molecule has 4 atom stereocenters. The van der Waals surface area contributed by atoms with Gasteiger partial charge >= 0.3 is 19.2 Å². The number of aryl methyl sites for hydroxylation is 1. The molecule has 2 heterocycles. The topological polar surface area (TPSA) is 114 Å². The molecule has 11 heteroatoms. The maximum Gasteiger partial charge on any atom is 0.457 e. The van der Waals surface area contributed by atoms with E-state index in [9.17, 15) is 9.59 Å². The van der Waals surface area contributed by atoms with E-state index in [2.05, 4.69) is 36.4 Å². The summed E-state index contributed by atoms with van der Waals surface area (Å²) in [6, 6.07) is 3.97. The Hall–Kier alpha value is -2.92. The Morgan fingerprint density at radius 3 is 2.45 bits per heavy atom. The molecule has 4 aliphatic rings. The number of amides is 1. The van der Waals surface area contributed by atoms with Gasteiger partial charge in [0.2, 0.25) is 0 Å². The van der Waals surface area contributed by atoms with Gasteiger partial charge in [0.05, 0.1) is 30.0 Å². The van der Waals surface area contributed by atoms with Crippen molar-refractivity contribution in [1.82, 2.24) is 20.3 Å². The molecule has 1 saturated heterocycles. The van der Waals surface area contributed by atoms with E-state index in [4.69, 9.17) is 18.8 Å². The van der Waals surface area contributed by atoms with Crippen LogP contribution in [0.25, 0.3) is 11.3 Å². The van der Waals surface area contributed by atoms with Crippen molar-refractivity contribution in [3.05, 3.63) is 35.0 Å². The fourth-order valence-electron chi connectivity index (χ4n) is 7.30. The maximum absolute atomic E-state index is 13.6. The summed E-state index contributed by atoms with van der Waals surface area (Å²) in [5, 5.41) is 11.3. The fraction of sp³-hybridized carbons (Fsp3) is 0.697. The minimum absolute atomic E-state index is 0.145. The van der Waals surface area contributed by atoms with Gasteiger partial charge in [-0.2, -0.15) is 0 Å². The average molecular weight is 609 g/mol. The Morgan fingerprint density at radius 2 is 1.80 bits per heavy atom. The van der Waals surface area contributed by atoms with Crippen LogP contribution < -0.4 is 5.32 Å². The van der Waals surface area contributed by atoms with Crippen LogP contribution in [0.4, 0.5) is 4.79 Å². The van der Waals surface area contributed by atoms with Gasteiger partial charge in [0.1, 0.15) is 16.9 Å². The summed E-state index contributed by atoms with van der Waals surface area (Å²) >= 11 is 0. The first-order chi connectivity index (χ1) is 20.4. The molecular weight excluding hydrogens is 559 g/mol. The lowest BCUT2D eigenvalue weighted by Gasteiger charge is -2.64. The molecule has 0 spiro atoms. The zero-order valence-electron chi connectivity index (χ0n) is 28.1. The van der Waals surface area contributed by atoms with Crippen molar-refractivity contribution in [1.29, 1.82) is 0 Å². The van der Waals surface area contributed by atoms with Crippen LogP contribution in [0, 0.1) is 24.2 Å². The van der Waals surface area contributed by atoms with E-state index in [0.29, 0.717) is 59.9 Å². The highest BCUT2D eigenvalue weighted by atomic mass is 16.7. The standard InChI is InChI=1S/C33H49BN4O6/c1-20-21(13-14-34-43-26-18-22-17-25(32(22,8)9)33(26,10)44-34)11-12-23(27(20)28(39)41-30(2,3)4)24-19-38(37-36-24)16-15-35-29(40)42-31(5,6)7/h11-12,19,22,25-26H,13-18H2,1-10H3,(H,35,40)/t22?,25?,26?,33-/m0/s1. The Balaban J connectivity index is 1.30. The van der Waals surface area contributed by atoms with Gasteiger partial charge in [-0.1, -0.05) is 31.2 Å². The quantitative estimate of drug-likeness (QED) is 0.287. The number of rotatable bonds is 8. The molecule has 1 N–H and O–H groups in total. The Morgan fingerprint density at radius 1 is 1.09 bits per heavy atom. The number of alkyl carbamates (subject to hydrolysis) is 1. The van der Waals surface area contributed by atoms with Gasteiger partial charge in [0.15, 0.2) is 0 Å². The molecule has 1 aromatic heterocycles. The number of esters is 1. The van der Waals surface area contributed by atoms with E-state index in [1.807, 2.05) is 60.6 Å². The van der Waals surface area contributed by atoms with Crippen molar-refractivity contribution in [2.24, 2.45) is 17.3 Å². The number of carbonyl (C=O) groups is 2. The van der Waals surface area contributed by atoms with Crippen LogP contribution >= 0.6 is 0 Å². The summed E-state index contributed by atoms with van der Waals surface area (Å²) in [6.07, 6.45) is 5.12. The molecule has 1 aromatic carbocycles. The molecule has 3 saturated carbocycles. The van der Waals surface area contributed by atoms with E-state index in [1.54, 1.807) is 10.9 Å². The van der Waals surface area contributed by atoms with Gasteiger partial charge in [-0.15, -0.1) is 5.10 Å². The maximum atomic E-state index is 13.6. The highest BCUT2D eigenvalue weighted by Gasteiger charge is 2.67. The van der Waals surface area contributed by atoms with Crippen LogP contribution in [0.3, 0.4) is 0 Å².